The normalized spacial score (nSPS) is 22.5. The summed E-state index contributed by atoms with van der Waals surface area (Å²) in [5.41, 5.74) is 2.89. The number of carbonyl (C=O) groups is 2. The minimum Gasteiger partial charge on any atom is -0.493 e. The van der Waals surface area contributed by atoms with Crippen LogP contribution in [0, 0.1) is 11.7 Å². The molecule has 12 heteroatoms. The summed E-state index contributed by atoms with van der Waals surface area (Å²) in [7, 11) is 1.16. The van der Waals surface area contributed by atoms with Crippen LogP contribution < -0.4 is 20.5 Å². The Balaban J connectivity index is 1.73. The first-order valence-corrected chi connectivity index (χ1v) is 12.2. The first-order chi connectivity index (χ1) is 18.9. The number of pyridine rings is 1. The van der Waals surface area contributed by atoms with Crippen LogP contribution in [0.15, 0.2) is 60.8 Å². The van der Waals surface area contributed by atoms with E-state index in [-0.39, 0.29) is 35.1 Å². The number of alkyl halides is 3. The molecular weight excluding hydrogens is 534 g/mol. The Bertz CT molecular complexity index is 1400. The average molecular weight is 562 g/mol. The van der Waals surface area contributed by atoms with E-state index in [4.69, 9.17) is 19.9 Å². The number of hydrogen-bond donors (Lipinski definition) is 2. The number of nitrogens with two attached hydrogens (primary N) is 1. The van der Waals surface area contributed by atoms with Gasteiger partial charge in [0.15, 0.2) is 22.8 Å². The van der Waals surface area contributed by atoms with Crippen molar-refractivity contribution in [1.82, 2.24) is 4.98 Å². The van der Waals surface area contributed by atoms with Crippen molar-refractivity contribution in [3.05, 3.63) is 83.4 Å². The first-order valence-electron chi connectivity index (χ1n) is 12.2. The summed E-state index contributed by atoms with van der Waals surface area (Å²) in [4.78, 5) is 29.0. The van der Waals surface area contributed by atoms with E-state index in [0.717, 1.165) is 19.6 Å². The number of rotatable bonds is 8. The van der Waals surface area contributed by atoms with Gasteiger partial charge in [-0.15, -0.1) is 0 Å². The number of anilines is 1. The van der Waals surface area contributed by atoms with Crippen LogP contribution in [0.5, 0.6) is 11.5 Å². The summed E-state index contributed by atoms with van der Waals surface area (Å²) >= 11 is 0. The zero-order chi connectivity index (χ0) is 29.2. The third kappa shape index (κ3) is 5.31. The molecule has 40 heavy (non-hydrogen) atoms. The number of methoxy groups -OCH3 is 1. The highest BCUT2D eigenvalue weighted by atomic mass is 19.4. The Labute approximate surface area is 227 Å². The number of aromatic nitrogens is 1. The Kier molecular flexibility index (Phi) is 8.01. The second-order valence-electron chi connectivity index (χ2n) is 9.49. The molecule has 3 aromatic rings. The smallest absolute Gasteiger partial charge is 0.417 e. The van der Waals surface area contributed by atoms with E-state index < -0.39 is 47.3 Å². The number of nitrogens with zero attached hydrogens (tertiary/aromatic N) is 1. The quantitative estimate of drug-likeness (QED) is 0.375. The van der Waals surface area contributed by atoms with Crippen molar-refractivity contribution in [1.29, 1.82) is 0 Å². The lowest BCUT2D eigenvalue weighted by molar-refractivity contribution is -0.272. The van der Waals surface area contributed by atoms with Gasteiger partial charge in [-0.2, -0.15) is 17.6 Å². The molecule has 212 valence electrons. The summed E-state index contributed by atoms with van der Waals surface area (Å²) in [6.07, 6.45) is -5.37. The van der Waals surface area contributed by atoms with Crippen molar-refractivity contribution >= 4 is 17.5 Å². The van der Waals surface area contributed by atoms with Crippen LogP contribution >= 0.6 is 0 Å². The zero-order valence-electron chi connectivity index (χ0n) is 21.8. The van der Waals surface area contributed by atoms with Gasteiger partial charge < -0.3 is 25.3 Å². The lowest BCUT2D eigenvalue weighted by atomic mass is 9.77. The van der Waals surface area contributed by atoms with E-state index >= 15 is 4.39 Å². The minimum atomic E-state index is -4.88. The van der Waals surface area contributed by atoms with Crippen LogP contribution in [0.3, 0.4) is 0 Å². The molecule has 3 N–H and O–H groups in total. The predicted octanol–water partition coefficient (Wildman–Crippen LogP) is 4.99. The maximum absolute atomic E-state index is 15.6. The fourth-order valence-corrected chi connectivity index (χ4v) is 4.80. The summed E-state index contributed by atoms with van der Waals surface area (Å²) in [6, 6.07) is 14.3. The third-order valence-electron chi connectivity index (χ3n) is 7.12. The Morgan fingerprint density at radius 3 is 2.45 bits per heavy atom. The van der Waals surface area contributed by atoms with Crippen LogP contribution in [0.25, 0.3) is 0 Å². The summed E-state index contributed by atoms with van der Waals surface area (Å²) in [5.74, 6) is -6.14. The lowest BCUT2D eigenvalue weighted by Gasteiger charge is -2.32. The van der Waals surface area contributed by atoms with Crippen LogP contribution in [0.1, 0.15) is 41.4 Å². The van der Waals surface area contributed by atoms with E-state index in [1.54, 1.807) is 24.3 Å². The molecule has 0 bridgehead atoms. The topological polar surface area (TPSA) is 113 Å². The third-order valence-corrected chi connectivity index (χ3v) is 7.12. The van der Waals surface area contributed by atoms with Crippen molar-refractivity contribution in [3.63, 3.8) is 0 Å². The number of amides is 2. The fraction of sp³-hybridized carbons (Fsp3) is 0.321. The molecule has 4 rings (SSSR count). The van der Waals surface area contributed by atoms with E-state index in [9.17, 15) is 22.8 Å². The minimum absolute atomic E-state index is 0.0194. The first kappa shape index (κ1) is 28.8. The number of carbonyl (C=O) groups excluding carboxylic acids is 2. The molecule has 0 aliphatic carbocycles. The molecule has 2 heterocycles. The molecule has 2 aromatic carbocycles. The molecule has 0 saturated carbocycles. The number of hydrogen-bond acceptors (Lipinski definition) is 6. The molecular formula is C28H27F4N3O5. The number of ether oxygens (including phenoxy) is 3. The van der Waals surface area contributed by atoms with Gasteiger partial charge in [-0.3, -0.25) is 9.59 Å². The molecule has 1 aliphatic heterocycles. The lowest BCUT2D eigenvalue weighted by Crippen LogP contribution is -2.47. The number of nitrogens with one attached hydrogen (secondary N) is 1. The van der Waals surface area contributed by atoms with Gasteiger partial charge in [-0.25, -0.2) is 4.98 Å². The Morgan fingerprint density at radius 1 is 1.12 bits per heavy atom. The van der Waals surface area contributed by atoms with Crippen molar-refractivity contribution < 1.29 is 41.4 Å². The second kappa shape index (κ2) is 11.1. The average Bonchev–Trinajstić information content (AvgIpc) is 3.20. The van der Waals surface area contributed by atoms with E-state index in [1.807, 2.05) is 6.07 Å². The van der Waals surface area contributed by atoms with Gasteiger partial charge in [-0.1, -0.05) is 43.3 Å². The fourth-order valence-electron chi connectivity index (χ4n) is 4.80. The molecule has 2 amide bonds. The monoisotopic (exact) mass is 561 g/mol. The number of primary amides is 1. The maximum atomic E-state index is 15.6. The SMILES string of the molecule is COc1c([C@H]2[C@H](C(=O)Nc3cccnc3C(N)=O)O[C@@](C)(C(F)(F)F)[C@H]2C)ccc(OCc2ccccc2)c1F. The van der Waals surface area contributed by atoms with E-state index in [1.165, 1.54) is 37.4 Å². The number of benzene rings is 2. The van der Waals surface area contributed by atoms with E-state index in [2.05, 4.69) is 10.3 Å². The van der Waals surface area contributed by atoms with Gasteiger partial charge in [0, 0.05) is 23.6 Å². The summed E-state index contributed by atoms with van der Waals surface area (Å²) < 4.78 is 74.6. The van der Waals surface area contributed by atoms with Gasteiger partial charge >= 0.3 is 6.18 Å². The molecule has 1 aliphatic rings. The highest BCUT2D eigenvalue weighted by Crippen LogP contribution is 2.55. The molecule has 4 atom stereocenters. The van der Waals surface area contributed by atoms with Crippen molar-refractivity contribution in [2.75, 3.05) is 12.4 Å². The molecule has 1 fully saturated rings. The zero-order valence-corrected chi connectivity index (χ0v) is 21.8. The van der Waals surface area contributed by atoms with E-state index in [0.29, 0.717) is 0 Å². The summed E-state index contributed by atoms with van der Waals surface area (Å²) in [5, 5.41) is 2.39. The van der Waals surface area contributed by atoms with Gasteiger partial charge in [0.05, 0.1) is 12.8 Å². The number of halogens is 4. The summed E-state index contributed by atoms with van der Waals surface area (Å²) in [6.45, 7) is 2.13. The van der Waals surface area contributed by atoms with Crippen LogP contribution in [0.2, 0.25) is 0 Å². The highest BCUT2D eigenvalue weighted by Gasteiger charge is 2.66. The van der Waals surface area contributed by atoms with Gasteiger partial charge in [0.2, 0.25) is 5.82 Å². The van der Waals surface area contributed by atoms with Crippen molar-refractivity contribution in [2.24, 2.45) is 11.7 Å². The highest BCUT2D eigenvalue weighted by molar-refractivity contribution is 6.03. The molecule has 8 nitrogen and oxygen atoms in total. The molecule has 1 aromatic heterocycles. The van der Waals surface area contributed by atoms with Gasteiger partial charge in [0.1, 0.15) is 12.7 Å². The van der Waals surface area contributed by atoms with Crippen LogP contribution in [-0.2, 0) is 16.1 Å². The second-order valence-corrected chi connectivity index (χ2v) is 9.49. The van der Waals surface area contributed by atoms with Crippen molar-refractivity contribution in [2.45, 2.75) is 44.3 Å². The molecule has 0 radical (unpaired) electrons. The maximum Gasteiger partial charge on any atom is 0.417 e. The predicted molar refractivity (Wildman–Crippen MR) is 136 cm³/mol. The van der Waals surface area contributed by atoms with Crippen LogP contribution in [0.4, 0.5) is 23.2 Å². The Morgan fingerprint density at radius 2 is 1.82 bits per heavy atom. The van der Waals surface area contributed by atoms with Crippen LogP contribution in [-0.4, -0.2) is 41.8 Å². The molecule has 0 unspecified atom stereocenters. The largest absolute Gasteiger partial charge is 0.493 e. The Hall–Kier alpha value is -4.19. The van der Waals surface area contributed by atoms with Crippen molar-refractivity contribution in [3.8, 4) is 11.5 Å². The van der Waals surface area contributed by atoms with Gasteiger partial charge in [-0.05, 0) is 30.7 Å². The van der Waals surface area contributed by atoms with Gasteiger partial charge in [0.25, 0.3) is 11.8 Å². The molecule has 0 spiro atoms. The standard InChI is InChI=1S/C28H27F4N3O5/c1-15-20(17-11-12-19(21(29)23(17)38-3)39-14-16-8-5-4-6-9-16)24(40-27(15,2)28(30,31)32)26(37)35-18-10-7-13-34-22(18)25(33)36/h4-13,15,20,24H,14H2,1-3H3,(H2,33,36)(H,35,37)/t15-,20-,24+,27+/m0/s1. The molecule has 1 saturated heterocycles.